The lowest BCUT2D eigenvalue weighted by Gasteiger charge is -2.32. The van der Waals surface area contributed by atoms with Crippen LogP contribution in [0.3, 0.4) is 0 Å². The van der Waals surface area contributed by atoms with Gasteiger partial charge in [0.05, 0.1) is 18.3 Å². The molecule has 3 aromatic rings. The van der Waals surface area contributed by atoms with Crippen molar-refractivity contribution in [3.63, 3.8) is 0 Å². The van der Waals surface area contributed by atoms with Gasteiger partial charge >= 0.3 is 0 Å². The van der Waals surface area contributed by atoms with Crippen LogP contribution in [0.4, 0.5) is 0 Å². The van der Waals surface area contributed by atoms with Gasteiger partial charge in [-0.25, -0.2) is 0 Å². The van der Waals surface area contributed by atoms with Gasteiger partial charge in [-0.3, -0.25) is 4.79 Å². The SMILES string of the molecule is C[C@H]1CN(C(=O)CSc2nncn2C)Cc2nnc(-c3ccccc3)n21. The topological polar surface area (TPSA) is 81.7 Å². The summed E-state index contributed by atoms with van der Waals surface area (Å²) in [4.78, 5) is 14.5. The first-order valence-electron chi connectivity index (χ1n) is 8.37. The number of aryl methyl sites for hydroxylation is 1. The summed E-state index contributed by atoms with van der Waals surface area (Å²) in [5.41, 5.74) is 1.04. The minimum atomic E-state index is 0.0698. The normalized spacial score (nSPS) is 16.5. The van der Waals surface area contributed by atoms with E-state index < -0.39 is 0 Å². The maximum atomic E-state index is 12.6. The van der Waals surface area contributed by atoms with Crippen molar-refractivity contribution in [3.8, 4) is 11.4 Å². The quantitative estimate of drug-likeness (QED) is 0.652. The third kappa shape index (κ3) is 3.10. The average molecular weight is 369 g/mol. The zero-order valence-electron chi connectivity index (χ0n) is 14.6. The van der Waals surface area contributed by atoms with Gasteiger partial charge in [0.1, 0.15) is 6.33 Å². The molecule has 1 aliphatic rings. The minimum absolute atomic E-state index is 0.0698. The van der Waals surface area contributed by atoms with E-state index >= 15 is 0 Å². The molecule has 3 heterocycles. The Morgan fingerprint density at radius 2 is 2.04 bits per heavy atom. The smallest absolute Gasteiger partial charge is 0.233 e. The van der Waals surface area contributed by atoms with Crippen LogP contribution < -0.4 is 0 Å². The number of carbonyl (C=O) groups is 1. The second kappa shape index (κ2) is 6.91. The lowest BCUT2D eigenvalue weighted by Crippen LogP contribution is -2.41. The van der Waals surface area contributed by atoms with E-state index in [1.807, 2.05) is 42.3 Å². The van der Waals surface area contributed by atoms with Crippen LogP contribution in [0.15, 0.2) is 41.8 Å². The second-order valence-electron chi connectivity index (χ2n) is 6.31. The number of hydrogen-bond donors (Lipinski definition) is 0. The molecule has 0 fully saturated rings. The molecule has 0 aliphatic carbocycles. The molecule has 1 aliphatic heterocycles. The van der Waals surface area contributed by atoms with E-state index in [0.29, 0.717) is 18.8 Å². The number of thioether (sulfide) groups is 1. The molecule has 1 amide bonds. The predicted octanol–water partition coefficient (Wildman–Crippen LogP) is 1.77. The summed E-state index contributed by atoms with van der Waals surface area (Å²) < 4.78 is 3.94. The van der Waals surface area contributed by atoms with Gasteiger partial charge in [-0.2, -0.15) is 0 Å². The molecule has 9 heteroatoms. The summed E-state index contributed by atoms with van der Waals surface area (Å²) in [7, 11) is 1.86. The van der Waals surface area contributed by atoms with Crippen LogP contribution in [0, 0.1) is 0 Å². The van der Waals surface area contributed by atoms with Crippen LogP contribution in [0.2, 0.25) is 0 Å². The molecule has 0 radical (unpaired) electrons. The predicted molar refractivity (Wildman–Crippen MR) is 97.3 cm³/mol. The number of carbonyl (C=O) groups excluding carboxylic acids is 1. The maximum Gasteiger partial charge on any atom is 0.233 e. The summed E-state index contributed by atoms with van der Waals surface area (Å²) >= 11 is 1.40. The van der Waals surface area contributed by atoms with Gasteiger partial charge < -0.3 is 14.0 Å². The molecule has 26 heavy (non-hydrogen) atoms. The summed E-state index contributed by atoms with van der Waals surface area (Å²) in [5, 5.41) is 17.2. The number of amides is 1. The molecule has 134 valence electrons. The zero-order chi connectivity index (χ0) is 18.1. The molecule has 0 saturated carbocycles. The largest absolute Gasteiger partial charge is 0.332 e. The molecule has 0 bridgehead atoms. The highest BCUT2D eigenvalue weighted by Crippen LogP contribution is 2.28. The van der Waals surface area contributed by atoms with Crippen molar-refractivity contribution in [2.45, 2.75) is 24.7 Å². The highest BCUT2D eigenvalue weighted by atomic mass is 32.2. The fourth-order valence-corrected chi connectivity index (χ4v) is 3.92. The van der Waals surface area contributed by atoms with Crippen molar-refractivity contribution in [2.24, 2.45) is 7.05 Å². The first kappa shape index (κ1) is 16.8. The number of aromatic nitrogens is 6. The summed E-state index contributed by atoms with van der Waals surface area (Å²) in [5.74, 6) is 2.08. The van der Waals surface area contributed by atoms with E-state index in [9.17, 15) is 4.79 Å². The first-order chi connectivity index (χ1) is 12.6. The van der Waals surface area contributed by atoms with E-state index in [1.54, 1.807) is 10.9 Å². The number of nitrogens with zero attached hydrogens (tertiary/aromatic N) is 7. The van der Waals surface area contributed by atoms with Crippen LogP contribution in [-0.2, 0) is 18.4 Å². The molecular formula is C17H19N7OS. The first-order valence-corrected chi connectivity index (χ1v) is 9.36. The van der Waals surface area contributed by atoms with Gasteiger partial charge in [-0.1, -0.05) is 42.1 Å². The Morgan fingerprint density at radius 3 is 2.77 bits per heavy atom. The van der Waals surface area contributed by atoms with Crippen molar-refractivity contribution < 1.29 is 4.79 Å². The molecule has 0 N–H and O–H groups in total. The average Bonchev–Trinajstić information content (AvgIpc) is 3.26. The highest BCUT2D eigenvalue weighted by Gasteiger charge is 2.29. The van der Waals surface area contributed by atoms with Crippen LogP contribution in [-0.4, -0.2) is 52.6 Å². The van der Waals surface area contributed by atoms with Crippen LogP contribution >= 0.6 is 11.8 Å². The van der Waals surface area contributed by atoms with Crippen molar-refractivity contribution in [3.05, 3.63) is 42.5 Å². The zero-order valence-corrected chi connectivity index (χ0v) is 15.4. The lowest BCUT2D eigenvalue weighted by atomic mass is 10.1. The molecule has 2 aromatic heterocycles. The third-order valence-corrected chi connectivity index (χ3v) is 5.42. The standard InChI is InChI=1S/C17H19N7OS/c1-12-8-23(15(25)10-26-17-21-18-11-22(17)2)9-14-19-20-16(24(12)14)13-6-4-3-5-7-13/h3-7,11-12H,8-10H2,1-2H3/t12-/m0/s1. The van der Waals surface area contributed by atoms with E-state index in [4.69, 9.17) is 0 Å². The van der Waals surface area contributed by atoms with Crippen LogP contribution in [0.1, 0.15) is 18.8 Å². The molecule has 4 rings (SSSR count). The van der Waals surface area contributed by atoms with Crippen molar-refractivity contribution >= 4 is 17.7 Å². The van der Waals surface area contributed by atoms with Crippen LogP contribution in [0.5, 0.6) is 0 Å². The van der Waals surface area contributed by atoms with E-state index in [1.165, 1.54) is 11.8 Å². The van der Waals surface area contributed by atoms with Gasteiger partial charge in [0.2, 0.25) is 5.91 Å². The van der Waals surface area contributed by atoms with Gasteiger partial charge in [0.25, 0.3) is 0 Å². The number of fused-ring (bicyclic) bond motifs is 1. The van der Waals surface area contributed by atoms with E-state index in [0.717, 1.165) is 22.4 Å². The van der Waals surface area contributed by atoms with Crippen LogP contribution in [0.25, 0.3) is 11.4 Å². The minimum Gasteiger partial charge on any atom is -0.332 e. The number of rotatable bonds is 4. The Kier molecular flexibility index (Phi) is 4.46. The molecule has 0 spiro atoms. The van der Waals surface area contributed by atoms with Gasteiger partial charge in [-0.05, 0) is 6.92 Å². The fourth-order valence-electron chi connectivity index (χ4n) is 3.13. The monoisotopic (exact) mass is 369 g/mol. The third-order valence-electron chi connectivity index (χ3n) is 4.40. The molecule has 8 nitrogen and oxygen atoms in total. The Labute approximate surface area is 155 Å². The maximum absolute atomic E-state index is 12.6. The lowest BCUT2D eigenvalue weighted by molar-refractivity contribution is -0.130. The Balaban J connectivity index is 1.49. The van der Waals surface area contributed by atoms with Crippen molar-refractivity contribution in [2.75, 3.05) is 12.3 Å². The van der Waals surface area contributed by atoms with E-state index in [-0.39, 0.29) is 11.9 Å². The Hall–Kier alpha value is -2.68. The fraction of sp³-hybridized carbons (Fsp3) is 0.353. The van der Waals surface area contributed by atoms with Gasteiger partial charge in [0.15, 0.2) is 16.8 Å². The molecule has 0 saturated heterocycles. The molecule has 1 atom stereocenters. The number of benzene rings is 1. The number of hydrogen-bond acceptors (Lipinski definition) is 6. The molecule has 1 aromatic carbocycles. The molecular weight excluding hydrogens is 350 g/mol. The second-order valence-corrected chi connectivity index (χ2v) is 7.25. The Morgan fingerprint density at radius 1 is 1.23 bits per heavy atom. The Bertz CT molecular complexity index is 920. The summed E-state index contributed by atoms with van der Waals surface area (Å²) in [6.45, 7) is 3.21. The van der Waals surface area contributed by atoms with E-state index in [2.05, 4.69) is 31.9 Å². The van der Waals surface area contributed by atoms with Crippen molar-refractivity contribution in [1.82, 2.24) is 34.4 Å². The summed E-state index contributed by atoms with van der Waals surface area (Å²) in [6, 6.07) is 10.1. The van der Waals surface area contributed by atoms with Gasteiger partial charge in [-0.15, -0.1) is 20.4 Å². The highest BCUT2D eigenvalue weighted by molar-refractivity contribution is 7.99. The van der Waals surface area contributed by atoms with Gasteiger partial charge in [0, 0.05) is 19.2 Å². The summed E-state index contributed by atoms with van der Waals surface area (Å²) in [6.07, 6.45) is 1.63. The van der Waals surface area contributed by atoms with Crippen molar-refractivity contribution in [1.29, 1.82) is 0 Å². The molecule has 0 unspecified atom stereocenters.